The Morgan fingerprint density at radius 1 is 1.17 bits per heavy atom. The predicted molar refractivity (Wildman–Crippen MR) is 115 cm³/mol. The van der Waals surface area contributed by atoms with E-state index in [1.54, 1.807) is 0 Å². The molecular weight excluding hydrogens is 436 g/mol. The molecule has 0 spiro atoms. The van der Waals surface area contributed by atoms with Gasteiger partial charge >= 0.3 is 5.97 Å². The number of carboxylic acid groups (broad SMARTS) is 1. The molecule has 1 aliphatic rings. The highest BCUT2D eigenvalue weighted by atomic mass is 79.9. The van der Waals surface area contributed by atoms with Gasteiger partial charge in [-0.3, -0.25) is 4.68 Å². The third-order valence-electron chi connectivity index (χ3n) is 5.59. The first-order valence-corrected chi connectivity index (χ1v) is 11.1. The SMILES string of the molecule is O=C(O)COCC1CCC(Cn2nc(-c3ccccc3)c(Br)c2CCCO)CC1. The van der Waals surface area contributed by atoms with E-state index in [4.69, 9.17) is 14.9 Å². The van der Waals surface area contributed by atoms with E-state index in [-0.39, 0.29) is 13.2 Å². The van der Waals surface area contributed by atoms with Gasteiger partial charge in [-0.25, -0.2) is 4.79 Å². The van der Waals surface area contributed by atoms with Crippen LogP contribution in [-0.4, -0.2) is 45.8 Å². The second kappa shape index (κ2) is 10.9. The van der Waals surface area contributed by atoms with Gasteiger partial charge in [0.2, 0.25) is 0 Å². The van der Waals surface area contributed by atoms with Crippen LogP contribution in [0.4, 0.5) is 0 Å². The lowest BCUT2D eigenvalue weighted by Gasteiger charge is -2.28. The van der Waals surface area contributed by atoms with Crippen molar-refractivity contribution in [2.45, 2.75) is 45.1 Å². The van der Waals surface area contributed by atoms with E-state index in [9.17, 15) is 9.90 Å². The summed E-state index contributed by atoms with van der Waals surface area (Å²) in [5.41, 5.74) is 3.18. The van der Waals surface area contributed by atoms with Gasteiger partial charge in [0.25, 0.3) is 0 Å². The van der Waals surface area contributed by atoms with Crippen LogP contribution in [0.3, 0.4) is 0 Å². The van der Waals surface area contributed by atoms with Gasteiger partial charge in [0.1, 0.15) is 12.3 Å². The third kappa shape index (κ3) is 6.14. The minimum Gasteiger partial charge on any atom is -0.480 e. The van der Waals surface area contributed by atoms with Crippen molar-refractivity contribution in [1.29, 1.82) is 0 Å². The van der Waals surface area contributed by atoms with E-state index in [0.29, 0.717) is 24.9 Å². The summed E-state index contributed by atoms with van der Waals surface area (Å²) in [6, 6.07) is 10.2. The molecule has 7 heteroatoms. The Morgan fingerprint density at radius 3 is 2.52 bits per heavy atom. The zero-order valence-corrected chi connectivity index (χ0v) is 18.2. The molecule has 2 aromatic rings. The largest absolute Gasteiger partial charge is 0.480 e. The van der Waals surface area contributed by atoms with Crippen molar-refractivity contribution >= 4 is 21.9 Å². The molecule has 1 aromatic carbocycles. The summed E-state index contributed by atoms with van der Waals surface area (Å²) in [7, 11) is 0. The summed E-state index contributed by atoms with van der Waals surface area (Å²) in [4.78, 5) is 10.6. The summed E-state index contributed by atoms with van der Waals surface area (Å²) in [5.74, 6) is 0.0882. The first-order valence-electron chi connectivity index (χ1n) is 10.3. The van der Waals surface area contributed by atoms with Crippen LogP contribution in [0.5, 0.6) is 0 Å². The number of ether oxygens (including phenoxy) is 1. The summed E-state index contributed by atoms with van der Waals surface area (Å²) >= 11 is 3.75. The van der Waals surface area contributed by atoms with Gasteiger partial charge in [-0.2, -0.15) is 5.10 Å². The van der Waals surface area contributed by atoms with Crippen LogP contribution in [0, 0.1) is 11.8 Å². The molecule has 29 heavy (non-hydrogen) atoms. The van der Waals surface area contributed by atoms with E-state index in [2.05, 4.69) is 32.7 Å². The van der Waals surface area contributed by atoms with E-state index >= 15 is 0 Å². The van der Waals surface area contributed by atoms with Crippen molar-refractivity contribution in [2.75, 3.05) is 19.8 Å². The van der Waals surface area contributed by atoms with Crippen molar-refractivity contribution in [3.63, 3.8) is 0 Å². The molecule has 1 aliphatic carbocycles. The molecule has 0 radical (unpaired) electrons. The number of aliphatic carboxylic acids is 1. The molecule has 6 nitrogen and oxygen atoms in total. The second-order valence-electron chi connectivity index (χ2n) is 7.78. The average Bonchev–Trinajstić information content (AvgIpc) is 3.03. The summed E-state index contributed by atoms with van der Waals surface area (Å²) < 4.78 is 8.41. The Hall–Kier alpha value is -1.70. The number of aliphatic hydroxyl groups excluding tert-OH is 1. The van der Waals surface area contributed by atoms with Crippen LogP contribution >= 0.6 is 15.9 Å². The lowest BCUT2D eigenvalue weighted by molar-refractivity contribution is -0.142. The molecule has 1 aromatic heterocycles. The minimum atomic E-state index is -0.910. The van der Waals surface area contributed by atoms with Gasteiger partial charge < -0.3 is 14.9 Å². The van der Waals surface area contributed by atoms with Crippen molar-refractivity contribution < 1.29 is 19.7 Å². The molecule has 1 fully saturated rings. The van der Waals surface area contributed by atoms with Crippen LogP contribution in [0.1, 0.15) is 37.8 Å². The molecule has 0 atom stereocenters. The second-order valence-corrected chi connectivity index (χ2v) is 8.57. The standard InChI is InChI=1S/C22H29BrN2O4/c23-21-19(7-4-12-26)25(24-22(21)18-5-2-1-3-6-18)13-16-8-10-17(11-9-16)14-29-15-20(27)28/h1-3,5-6,16-17,26H,4,7-15H2,(H,27,28). The average molecular weight is 465 g/mol. The van der Waals surface area contributed by atoms with Crippen molar-refractivity contribution in [2.24, 2.45) is 11.8 Å². The number of carboxylic acids is 1. The lowest BCUT2D eigenvalue weighted by atomic mass is 9.82. The zero-order valence-electron chi connectivity index (χ0n) is 16.6. The Kier molecular flexibility index (Phi) is 8.27. The van der Waals surface area contributed by atoms with Crippen molar-refractivity contribution in [3.8, 4) is 11.3 Å². The highest BCUT2D eigenvalue weighted by molar-refractivity contribution is 9.10. The monoisotopic (exact) mass is 464 g/mol. The van der Waals surface area contributed by atoms with Crippen LogP contribution < -0.4 is 0 Å². The third-order valence-corrected chi connectivity index (χ3v) is 6.42. The number of hydrogen-bond acceptors (Lipinski definition) is 4. The van der Waals surface area contributed by atoms with Gasteiger partial charge in [0.15, 0.2) is 0 Å². The van der Waals surface area contributed by atoms with E-state index in [1.807, 2.05) is 18.2 Å². The highest BCUT2D eigenvalue weighted by Crippen LogP contribution is 2.34. The van der Waals surface area contributed by atoms with Gasteiger partial charge in [0, 0.05) is 18.7 Å². The van der Waals surface area contributed by atoms with Gasteiger partial charge in [-0.15, -0.1) is 0 Å². The van der Waals surface area contributed by atoms with Crippen molar-refractivity contribution in [1.82, 2.24) is 9.78 Å². The number of aromatic nitrogens is 2. The van der Waals surface area contributed by atoms with Gasteiger partial charge in [-0.05, 0) is 66.3 Å². The number of carbonyl (C=O) groups is 1. The van der Waals surface area contributed by atoms with Gasteiger partial charge in [-0.1, -0.05) is 30.3 Å². The summed E-state index contributed by atoms with van der Waals surface area (Å²) in [6.07, 6.45) is 5.81. The Morgan fingerprint density at radius 2 is 1.86 bits per heavy atom. The molecule has 0 unspecified atom stereocenters. The molecule has 0 amide bonds. The molecule has 1 heterocycles. The number of nitrogens with zero attached hydrogens (tertiary/aromatic N) is 2. The first-order chi connectivity index (χ1) is 14.1. The quantitative estimate of drug-likeness (QED) is 0.551. The number of rotatable bonds is 10. The van der Waals surface area contributed by atoms with Crippen LogP contribution in [0.25, 0.3) is 11.3 Å². The van der Waals surface area contributed by atoms with Crippen molar-refractivity contribution in [3.05, 3.63) is 40.5 Å². The van der Waals surface area contributed by atoms with Crippen LogP contribution in [0.15, 0.2) is 34.8 Å². The minimum absolute atomic E-state index is 0.166. The molecule has 0 saturated heterocycles. The summed E-state index contributed by atoms with van der Waals surface area (Å²) in [6.45, 7) is 1.36. The Labute approximate surface area is 180 Å². The highest BCUT2D eigenvalue weighted by Gasteiger charge is 2.24. The normalized spacial score (nSPS) is 19.4. The number of aliphatic hydroxyl groups is 1. The molecule has 0 aliphatic heterocycles. The first kappa shape index (κ1) is 22.0. The van der Waals surface area contributed by atoms with Gasteiger partial charge in [0.05, 0.1) is 16.8 Å². The van der Waals surface area contributed by atoms with E-state index in [1.165, 1.54) is 0 Å². The molecule has 0 bridgehead atoms. The summed E-state index contributed by atoms with van der Waals surface area (Å²) in [5, 5.41) is 22.9. The fourth-order valence-corrected chi connectivity index (χ4v) is 4.74. The Bertz CT molecular complexity index is 786. The topological polar surface area (TPSA) is 84.6 Å². The number of halogens is 1. The smallest absolute Gasteiger partial charge is 0.329 e. The maximum Gasteiger partial charge on any atom is 0.329 e. The maximum atomic E-state index is 10.6. The van der Waals surface area contributed by atoms with E-state index in [0.717, 1.165) is 60.1 Å². The number of hydrogen-bond donors (Lipinski definition) is 2. The fourth-order valence-electron chi connectivity index (χ4n) is 4.03. The molecule has 3 rings (SSSR count). The predicted octanol–water partition coefficient (Wildman–Crippen LogP) is 4.15. The van der Waals surface area contributed by atoms with E-state index < -0.39 is 5.97 Å². The zero-order chi connectivity index (χ0) is 20.6. The maximum absolute atomic E-state index is 10.6. The van der Waals surface area contributed by atoms with Crippen LogP contribution in [-0.2, 0) is 22.5 Å². The fraction of sp³-hybridized carbons (Fsp3) is 0.545. The molecule has 1 saturated carbocycles. The number of benzene rings is 1. The lowest BCUT2D eigenvalue weighted by Crippen LogP contribution is -2.24. The molecular formula is C22H29BrN2O4. The molecule has 158 valence electrons. The van der Waals surface area contributed by atoms with Crippen LogP contribution in [0.2, 0.25) is 0 Å². The molecule has 2 N–H and O–H groups in total. The Balaban J connectivity index is 1.65.